The molecule has 35 heavy (non-hydrogen) atoms. The van der Waals surface area contributed by atoms with Crippen molar-refractivity contribution in [2.75, 3.05) is 0 Å². The van der Waals surface area contributed by atoms with Gasteiger partial charge in [0.1, 0.15) is 18.2 Å². The Balaban J connectivity index is 1.63. The van der Waals surface area contributed by atoms with Crippen molar-refractivity contribution < 1.29 is 4.74 Å². The molecule has 5 nitrogen and oxygen atoms in total. The van der Waals surface area contributed by atoms with Crippen molar-refractivity contribution in [3.8, 4) is 5.75 Å². The minimum atomic E-state index is -0.378. The Bertz CT molecular complexity index is 1510. The Hall–Kier alpha value is -1.81. The van der Waals surface area contributed by atoms with Crippen LogP contribution in [0.25, 0.3) is 10.9 Å². The van der Waals surface area contributed by atoms with E-state index in [1.54, 1.807) is 12.3 Å². The van der Waals surface area contributed by atoms with Gasteiger partial charge in [0.25, 0.3) is 5.56 Å². The first kappa shape index (κ1) is 26.3. The molecule has 4 aromatic rings. The minimum absolute atomic E-state index is 0.212. The highest BCUT2D eigenvalue weighted by Crippen LogP contribution is 2.29. The van der Waals surface area contributed by atoms with Crippen LogP contribution in [-0.4, -0.2) is 15.9 Å². The summed E-state index contributed by atoms with van der Waals surface area (Å²) in [7, 11) is 0. The van der Waals surface area contributed by atoms with E-state index < -0.39 is 0 Å². The van der Waals surface area contributed by atoms with E-state index in [2.05, 4.69) is 68.8 Å². The SMILES string of the molecule is CC(C)(C)c1nc2ccc(Br)cc2c(=O)n1N=Cc1ccc(OCc2ccc(Br)cc2Br)c(Br)c1. The fourth-order valence-corrected chi connectivity index (χ4v) is 5.41. The molecule has 0 spiro atoms. The van der Waals surface area contributed by atoms with Crippen molar-refractivity contribution >= 4 is 80.8 Å². The molecular formula is C26H21Br4N3O2. The van der Waals surface area contributed by atoms with Crippen molar-refractivity contribution in [3.05, 3.63) is 99.8 Å². The molecule has 0 saturated carbocycles. The molecule has 0 saturated heterocycles. The van der Waals surface area contributed by atoms with Crippen molar-refractivity contribution in [2.45, 2.75) is 32.8 Å². The molecule has 0 atom stereocenters. The second-order valence-corrected chi connectivity index (χ2v) is 12.5. The molecule has 0 bridgehead atoms. The van der Waals surface area contributed by atoms with Crippen LogP contribution in [0.2, 0.25) is 0 Å². The molecule has 0 aliphatic heterocycles. The van der Waals surface area contributed by atoms with Gasteiger partial charge in [-0.15, -0.1) is 0 Å². The van der Waals surface area contributed by atoms with Crippen LogP contribution in [0.5, 0.6) is 5.75 Å². The third-order valence-corrected chi connectivity index (χ3v) is 7.50. The van der Waals surface area contributed by atoms with Gasteiger partial charge in [0.2, 0.25) is 0 Å². The quantitative estimate of drug-likeness (QED) is 0.195. The third kappa shape index (κ3) is 6.13. The van der Waals surface area contributed by atoms with Crippen LogP contribution in [0, 0.1) is 0 Å². The number of rotatable bonds is 5. The van der Waals surface area contributed by atoms with E-state index in [9.17, 15) is 4.79 Å². The molecule has 0 amide bonds. The second-order valence-electron chi connectivity index (χ2n) is 8.92. The van der Waals surface area contributed by atoms with Crippen LogP contribution in [-0.2, 0) is 12.0 Å². The van der Waals surface area contributed by atoms with Gasteiger partial charge in [0.15, 0.2) is 0 Å². The summed E-state index contributed by atoms with van der Waals surface area (Å²) < 4.78 is 11.0. The fraction of sp³-hybridized carbons (Fsp3) is 0.192. The topological polar surface area (TPSA) is 56.5 Å². The average Bonchev–Trinajstić information content (AvgIpc) is 2.78. The Kier molecular flexibility index (Phi) is 8.00. The molecule has 3 aromatic carbocycles. The Morgan fingerprint density at radius 3 is 2.34 bits per heavy atom. The van der Waals surface area contributed by atoms with E-state index in [0.717, 1.165) is 29.0 Å². The highest BCUT2D eigenvalue weighted by molar-refractivity contribution is 9.11. The van der Waals surface area contributed by atoms with Gasteiger partial charge in [-0.25, -0.2) is 4.98 Å². The monoisotopic (exact) mass is 723 g/mol. The number of aromatic nitrogens is 2. The standard InChI is InChI=1S/C26H21Br4N3O2/c1-26(2,3)25-32-22-8-7-17(27)11-19(22)24(34)33(25)31-13-15-4-9-23(21(30)10-15)35-14-16-5-6-18(28)12-20(16)29/h4-13H,14H2,1-3H3. The Morgan fingerprint density at radius 2 is 1.66 bits per heavy atom. The fourth-order valence-electron chi connectivity index (χ4n) is 3.37. The number of nitrogens with zero attached hydrogens (tertiary/aromatic N) is 3. The highest BCUT2D eigenvalue weighted by atomic mass is 79.9. The van der Waals surface area contributed by atoms with Gasteiger partial charge >= 0.3 is 0 Å². The average molecular weight is 727 g/mol. The molecule has 0 N–H and O–H groups in total. The first-order valence-electron chi connectivity index (χ1n) is 10.7. The molecule has 180 valence electrons. The van der Waals surface area contributed by atoms with E-state index in [4.69, 9.17) is 9.72 Å². The number of benzene rings is 3. The second kappa shape index (κ2) is 10.7. The zero-order valence-corrected chi connectivity index (χ0v) is 25.5. The zero-order chi connectivity index (χ0) is 25.3. The highest BCUT2D eigenvalue weighted by Gasteiger charge is 2.23. The lowest BCUT2D eigenvalue weighted by Gasteiger charge is -2.20. The van der Waals surface area contributed by atoms with Crippen molar-refractivity contribution in [3.63, 3.8) is 0 Å². The summed E-state index contributed by atoms with van der Waals surface area (Å²) in [5.41, 5.74) is 1.91. The van der Waals surface area contributed by atoms with E-state index in [1.807, 2.05) is 69.3 Å². The first-order valence-corrected chi connectivity index (χ1v) is 13.8. The molecule has 0 radical (unpaired) electrons. The number of hydrogen-bond acceptors (Lipinski definition) is 4. The summed E-state index contributed by atoms with van der Waals surface area (Å²) in [6.07, 6.45) is 1.65. The molecule has 1 aromatic heterocycles. The summed E-state index contributed by atoms with van der Waals surface area (Å²) in [5.74, 6) is 1.30. The normalized spacial score (nSPS) is 12.0. The summed E-state index contributed by atoms with van der Waals surface area (Å²) in [5, 5.41) is 5.04. The van der Waals surface area contributed by atoms with Gasteiger partial charge < -0.3 is 4.74 Å². The molecule has 4 rings (SSSR count). The summed E-state index contributed by atoms with van der Waals surface area (Å²) in [4.78, 5) is 18.1. The Morgan fingerprint density at radius 1 is 0.943 bits per heavy atom. The predicted molar refractivity (Wildman–Crippen MR) is 156 cm³/mol. The molecule has 0 unspecified atom stereocenters. The minimum Gasteiger partial charge on any atom is -0.488 e. The summed E-state index contributed by atoms with van der Waals surface area (Å²) in [6, 6.07) is 17.1. The molecular weight excluding hydrogens is 706 g/mol. The van der Waals surface area contributed by atoms with Crippen LogP contribution < -0.4 is 10.3 Å². The van der Waals surface area contributed by atoms with Crippen LogP contribution in [0.15, 0.2) is 82.4 Å². The predicted octanol–water partition coefficient (Wildman–Crippen LogP) is 8.21. The Labute approximate surface area is 237 Å². The lowest BCUT2D eigenvalue weighted by molar-refractivity contribution is 0.303. The molecule has 0 aliphatic rings. The number of hydrogen-bond donors (Lipinski definition) is 0. The summed E-state index contributed by atoms with van der Waals surface area (Å²) >= 11 is 14.0. The molecule has 1 heterocycles. The van der Waals surface area contributed by atoms with Crippen LogP contribution >= 0.6 is 63.7 Å². The molecule has 0 aliphatic carbocycles. The van der Waals surface area contributed by atoms with E-state index in [-0.39, 0.29) is 11.0 Å². The van der Waals surface area contributed by atoms with Gasteiger partial charge in [-0.05, 0) is 70.0 Å². The van der Waals surface area contributed by atoms with Gasteiger partial charge in [-0.3, -0.25) is 4.79 Å². The van der Waals surface area contributed by atoms with Crippen LogP contribution in [0.3, 0.4) is 0 Å². The van der Waals surface area contributed by atoms with Crippen LogP contribution in [0.1, 0.15) is 37.7 Å². The number of ether oxygens (including phenoxy) is 1. The zero-order valence-electron chi connectivity index (χ0n) is 19.2. The summed E-state index contributed by atoms with van der Waals surface area (Å²) in [6.45, 7) is 6.45. The largest absolute Gasteiger partial charge is 0.488 e. The lowest BCUT2D eigenvalue weighted by atomic mass is 9.95. The van der Waals surface area contributed by atoms with E-state index in [0.29, 0.717) is 29.1 Å². The van der Waals surface area contributed by atoms with Crippen molar-refractivity contribution in [1.82, 2.24) is 9.66 Å². The van der Waals surface area contributed by atoms with Gasteiger partial charge in [-0.2, -0.15) is 9.78 Å². The van der Waals surface area contributed by atoms with E-state index in [1.165, 1.54) is 4.68 Å². The number of fused-ring (bicyclic) bond motifs is 1. The van der Waals surface area contributed by atoms with Crippen molar-refractivity contribution in [2.24, 2.45) is 5.10 Å². The molecule has 0 fully saturated rings. The van der Waals surface area contributed by atoms with Gasteiger partial charge in [0, 0.05) is 24.4 Å². The van der Waals surface area contributed by atoms with Gasteiger partial charge in [0.05, 0.1) is 21.6 Å². The molecule has 9 heteroatoms. The first-order chi connectivity index (χ1) is 16.5. The maximum atomic E-state index is 13.3. The number of halogens is 4. The van der Waals surface area contributed by atoms with E-state index >= 15 is 0 Å². The maximum Gasteiger partial charge on any atom is 0.282 e. The smallest absolute Gasteiger partial charge is 0.282 e. The lowest BCUT2D eigenvalue weighted by Crippen LogP contribution is -2.29. The van der Waals surface area contributed by atoms with Crippen molar-refractivity contribution in [1.29, 1.82) is 0 Å². The maximum absolute atomic E-state index is 13.3. The van der Waals surface area contributed by atoms with Gasteiger partial charge in [-0.1, -0.05) is 74.6 Å². The third-order valence-electron chi connectivity index (χ3n) is 5.16. The van der Waals surface area contributed by atoms with Crippen LogP contribution in [0.4, 0.5) is 0 Å².